The fraction of sp³-hybridized carbons (Fsp3) is 0.0417. The number of amides is 4. The normalized spacial score (nSPS) is 15.3. The molecule has 1 aliphatic heterocycles. The van der Waals surface area contributed by atoms with Gasteiger partial charge in [0.1, 0.15) is 5.57 Å². The molecule has 32 heavy (non-hydrogen) atoms. The van der Waals surface area contributed by atoms with Crippen molar-refractivity contribution in [2.45, 2.75) is 6.42 Å². The minimum Gasteiger partial charge on any atom is -0.273 e. The number of anilines is 1. The van der Waals surface area contributed by atoms with Gasteiger partial charge in [-0.05, 0) is 71.7 Å². The predicted octanol–water partition coefficient (Wildman–Crippen LogP) is 6.01. The Labute approximate surface area is 202 Å². The zero-order valence-corrected chi connectivity index (χ0v) is 19.5. The number of halogens is 3. The Kier molecular flexibility index (Phi) is 6.46. The highest BCUT2D eigenvalue weighted by molar-refractivity contribution is 9.10. The average Bonchev–Trinajstić information content (AvgIpc) is 2.75. The molecule has 0 aliphatic carbocycles. The third-order valence-corrected chi connectivity index (χ3v) is 6.07. The molecular weight excluding hydrogens is 515 g/mol. The van der Waals surface area contributed by atoms with Crippen LogP contribution in [0.1, 0.15) is 16.7 Å². The van der Waals surface area contributed by atoms with Crippen molar-refractivity contribution in [2.24, 2.45) is 0 Å². The van der Waals surface area contributed by atoms with Crippen LogP contribution in [0, 0.1) is 0 Å². The minimum absolute atomic E-state index is 0.171. The molecule has 0 aromatic heterocycles. The van der Waals surface area contributed by atoms with Crippen molar-refractivity contribution < 1.29 is 14.4 Å². The second-order valence-electron chi connectivity index (χ2n) is 7.05. The second-order valence-corrected chi connectivity index (χ2v) is 8.80. The van der Waals surface area contributed by atoms with E-state index in [-0.39, 0.29) is 5.57 Å². The van der Waals surface area contributed by atoms with Gasteiger partial charge in [0.05, 0.1) is 5.69 Å². The fourth-order valence-electron chi connectivity index (χ4n) is 3.35. The summed E-state index contributed by atoms with van der Waals surface area (Å²) in [5.74, 6) is -1.48. The van der Waals surface area contributed by atoms with E-state index in [9.17, 15) is 14.4 Å². The number of hydrogen-bond acceptors (Lipinski definition) is 3. The molecule has 4 amide bonds. The molecule has 0 atom stereocenters. The average molecular weight is 530 g/mol. The van der Waals surface area contributed by atoms with Gasteiger partial charge in [-0.3, -0.25) is 14.9 Å². The molecule has 160 valence electrons. The van der Waals surface area contributed by atoms with Gasteiger partial charge in [-0.2, -0.15) is 0 Å². The molecule has 1 aliphatic rings. The van der Waals surface area contributed by atoms with Gasteiger partial charge in [-0.15, -0.1) is 0 Å². The number of carbonyl (C=O) groups is 3. The van der Waals surface area contributed by atoms with E-state index in [0.717, 1.165) is 20.5 Å². The van der Waals surface area contributed by atoms with Crippen molar-refractivity contribution in [3.05, 3.63) is 104 Å². The Bertz CT molecular complexity index is 1270. The Morgan fingerprint density at radius 3 is 2.34 bits per heavy atom. The van der Waals surface area contributed by atoms with Crippen LogP contribution < -0.4 is 10.2 Å². The fourth-order valence-corrected chi connectivity index (χ4v) is 3.99. The summed E-state index contributed by atoms with van der Waals surface area (Å²) in [6.07, 6.45) is 1.93. The Balaban J connectivity index is 1.75. The maximum atomic E-state index is 13.2. The van der Waals surface area contributed by atoms with Gasteiger partial charge >= 0.3 is 6.03 Å². The predicted molar refractivity (Wildman–Crippen MR) is 129 cm³/mol. The Morgan fingerprint density at radius 1 is 0.906 bits per heavy atom. The maximum Gasteiger partial charge on any atom is 0.335 e. The van der Waals surface area contributed by atoms with Crippen molar-refractivity contribution >= 4 is 68.7 Å². The summed E-state index contributed by atoms with van der Waals surface area (Å²) >= 11 is 15.8. The van der Waals surface area contributed by atoms with E-state index in [0.29, 0.717) is 27.7 Å². The first-order valence-corrected chi connectivity index (χ1v) is 11.1. The molecular formula is C24H15BrCl2N2O3. The largest absolute Gasteiger partial charge is 0.335 e. The maximum absolute atomic E-state index is 13.2. The van der Waals surface area contributed by atoms with E-state index in [1.54, 1.807) is 42.5 Å². The number of urea groups is 1. The van der Waals surface area contributed by atoms with Crippen molar-refractivity contribution in [3.63, 3.8) is 0 Å². The lowest BCUT2D eigenvalue weighted by Crippen LogP contribution is -2.54. The highest BCUT2D eigenvalue weighted by Crippen LogP contribution is 2.27. The molecule has 4 rings (SSSR count). The van der Waals surface area contributed by atoms with Crippen LogP contribution in [0.2, 0.25) is 10.0 Å². The highest BCUT2D eigenvalue weighted by Gasteiger charge is 2.36. The van der Waals surface area contributed by atoms with E-state index >= 15 is 0 Å². The molecule has 5 nitrogen and oxygen atoms in total. The summed E-state index contributed by atoms with van der Waals surface area (Å²) in [6, 6.07) is 18.5. The number of nitrogens with one attached hydrogen (secondary N) is 1. The van der Waals surface area contributed by atoms with Crippen molar-refractivity contribution in [2.75, 3.05) is 4.90 Å². The van der Waals surface area contributed by atoms with Crippen LogP contribution >= 0.6 is 39.1 Å². The standard InChI is InChI=1S/C24H15BrCl2N2O3/c25-17-6-9-19(10-7-17)29-23(31)20(22(30)28-24(29)32)13-16-12-18(26)8-5-14(16)11-15-3-1-2-4-21(15)27/h1-10,12-13H,11H2,(H,28,30,32)/b20-13+. The van der Waals surface area contributed by atoms with Gasteiger partial charge in [-0.1, -0.05) is 63.4 Å². The van der Waals surface area contributed by atoms with Crippen LogP contribution in [0.3, 0.4) is 0 Å². The lowest BCUT2D eigenvalue weighted by Gasteiger charge is -2.26. The van der Waals surface area contributed by atoms with Crippen molar-refractivity contribution in [3.8, 4) is 0 Å². The zero-order valence-electron chi connectivity index (χ0n) is 16.4. The van der Waals surface area contributed by atoms with Gasteiger partial charge < -0.3 is 0 Å². The zero-order chi connectivity index (χ0) is 22.8. The quantitative estimate of drug-likeness (QED) is 0.332. The molecule has 0 bridgehead atoms. The molecule has 0 radical (unpaired) electrons. The summed E-state index contributed by atoms with van der Waals surface area (Å²) in [6.45, 7) is 0. The lowest BCUT2D eigenvalue weighted by atomic mass is 9.97. The first-order chi connectivity index (χ1) is 15.3. The Morgan fingerprint density at radius 2 is 1.62 bits per heavy atom. The van der Waals surface area contributed by atoms with Gasteiger partial charge in [0.25, 0.3) is 11.8 Å². The molecule has 8 heteroatoms. The minimum atomic E-state index is -0.804. The van der Waals surface area contributed by atoms with E-state index in [4.69, 9.17) is 23.2 Å². The topological polar surface area (TPSA) is 66.5 Å². The summed E-state index contributed by atoms with van der Waals surface area (Å²) in [7, 11) is 0. The van der Waals surface area contributed by atoms with E-state index in [1.807, 2.05) is 24.3 Å². The summed E-state index contributed by atoms with van der Waals surface area (Å²) in [4.78, 5) is 39.0. The SMILES string of the molecule is O=C1NC(=O)N(c2ccc(Br)cc2)C(=O)/C1=C/c1cc(Cl)ccc1Cc1ccccc1Cl. The number of imide groups is 2. The van der Waals surface area contributed by atoms with Crippen LogP contribution in [0.15, 0.2) is 76.8 Å². The highest BCUT2D eigenvalue weighted by atomic mass is 79.9. The third kappa shape index (κ3) is 4.63. The summed E-state index contributed by atoms with van der Waals surface area (Å²) < 4.78 is 0.793. The molecule has 3 aromatic carbocycles. The summed E-state index contributed by atoms with van der Waals surface area (Å²) in [5.41, 5.74) is 2.47. The number of nitrogens with zero attached hydrogens (tertiary/aromatic N) is 1. The van der Waals surface area contributed by atoms with Gasteiger partial charge in [0.2, 0.25) is 0 Å². The molecule has 0 saturated carbocycles. The second kappa shape index (κ2) is 9.28. The molecule has 1 fully saturated rings. The molecule has 0 spiro atoms. The van der Waals surface area contributed by atoms with E-state index in [2.05, 4.69) is 21.2 Å². The van der Waals surface area contributed by atoms with E-state index < -0.39 is 17.8 Å². The monoisotopic (exact) mass is 528 g/mol. The smallest absolute Gasteiger partial charge is 0.273 e. The van der Waals surface area contributed by atoms with Crippen LogP contribution in [-0.2, 0) is 16.0 Å². The number of rotatable bonds is 4. The van der Waals surface area contributed by atoms with Crippen molar-refractivity contribution in [1.29, 1.82) is 0 Å². The van der Waals surface area contributed by atoms with Gasteiger partial charge in [0, 0.05) is 14.5 Å². The number of carbonyl (C=O) groups excluding carboxylic acids is 3. The lowest BCUT2D eigenvalue weighted by molar-refractivity contribution is -0.122. The van der Waals surface area contributed by atoms with E-state index in [1.165, 1.54) is 6.08 Å². The first kappa shape index (κ1) is 22.3. The number of hydrogen-bond donors (Lipinski definition) is 1. The van der Waals surface area contributed by atoms with Gasteiger partial charge in [-0.25, -0.2) is 9.69 Å². The van der Waals surface area contributed by atoms with Crippen LogP contribution in [-0.4, -0.2) is 17.8 Å². The Hall–Kier alpha value is -2.93. The number of benzene rings is 3. The van der Waals surface area contributed by atoms with Crippen molar-refractivity contribution in [1.82, 2.24) is 5.32 Å². The molecule has 1 N–H and O–H groups in total. The first-order valence-electron chi connectivity index (χ1n) is 9.52. The summed E-state index contributed by atoms with van der Waals surface area (Å²) in [5, 5.41) is 3.29. The van der Waals surface area contributed by atoms with Crippen LogP contribution in [0.4, 0.5) is 10.5 Å². The van der Waals surface area contributed by atoms with Gasteiger partial charge in [0.15, 0.2) is 0 Å². The molecule has 1 heterocycles. The number of barbiturate groups is 1. The van der Waals surface area contributed by atoms with Crippen LogP contribution in [0.5, 0.6) is 0 Å². The van der Waals surface area contributed by atoms with Crippen LogP contribution in [0.25, 0.3) is 6.08 Å². The molecule has 1 saturated heterocycles. The molecule has 0 unspecified atom stereocenters. The third-order valence-electron chi connectivity index (χ3n) is 4.93. The molecule has 3 aromatic rings.